The third-order valence-electron chi connectivity index (χ3n) is 4.32. The fourth-order valence-corrected chi connectivity index (χ4v) is 2.87. The molecular weight excluding hydrogens is 380 g/mol. The van der Waals surface area contributed by atoms with Gasteiger partial charge in [-0.25, -0.2) is 0 Å². The second-order valence-electron chi connectivity index (χ2n) is 5.81. The van der Waals surface area contributed by atoms with E-state index >= 15 is 0 Å². The lowest BCUT2D eigenvalue weighted by Crippen LogP contribution is -2.23. The summed E-state index contributed by atoms with van der Waals surface area (Å²) in [5, 5.41) is 2.81. The van der Waals surface area contributed by atoms with Gasteiger partial charge < -0.3 is 39.5 Å². The largest absolute Gasteiger partial charge is 0.493 e. The molecule has 0 aromatic heterocycles. The molecule has 0 bridgehead atoms. The molecule has 3 N–H and O–H groups in total. The van der Waals surface area contributed by atoms with Gasteiger partial charge in [-0.15, -0.1) is 0 Å². The zero-order chi connectivity index (χ0) is 21.6. The molecule has 158 valence electrons. The smallest absolute Gasteiger partial charge is 0.251 e. The summed E-state index contributed by atoms with van der Waals surface area (Å²) < 4.78 is 31.8. The Morgan fingerprint density at radius 1 is 0.759 bits per heavy atom. The fraction of sp³-hybridized carbons (Fsp3) is 0.350. The van der Waals surface area contributed by atoms with E-state index in [0.29, 0.717) is 51.3 Å². The molecule has 1 amide bonds. The molecule has 9 heteroatoms. The van der Waals surface area contributed by atoms with E-state index < -0.39 is 0 Å². The number of rotatable bonds is 9. The molecule has 2 aromatic rings. The van der Waals surface area contributed by atoms with Crippen molar-refractivity contribution in [1.29, 1.82) is 0 Å². The number of anilines is 1. The third kappa shape index (κ3) is 4.34. The minimum absolute atomic E-state index is 0.137. The lowest BCUT2D eigenvalue weighted by Gasteiger charge is -2.18. The van der Waals surface area contributed by atoms with Gasteiger partial charge in [0.1, 0.15) is 0 Å². The summed E-state index contributed by atoms with van der Waals surface area (Å²) in [5.74, 6) is 1.97. The number of carbonyl (C=O) groups is 1. The van der Waals surface area contributed by atoms with Crippen LogP contribution in [0.25, 0.3) is 0 Å². The first-order valence-electron chi connectivity index (χ1n) is 8.61. The van der Waals surface area contributed by atoms with Crippen molar-refractivity contribution in [3.8, 4) is 34.5 Å². The summed E-state index contributed by atoms with van der Waals surface area (Å²) in [7, 11) is 8.93. The number of benzene rings is 2. The van der Waals surface area contributed by atoms with Crippen molar-refractivity contribution >= 4 is 11.6 Å². The van der Waals surface area contributed by atoms with Gasteiger partial charge in [0, 0.05) is 17.7 Å². The van der Waals surface area contributed by atoms with Crippen LogP contribution in [0.2, 0.25) is 0 Å². The Balaban J connectivity index is 2.32. The lowest BCUT2D eigenvalue weighted by atomic mass is 10.1. The topological polar surface area (TPSA) is 111 Å². The molecule has 2 rings (SSSR count). The van der Waals surface area contributed by atoms with Gasteiger partial charge in [0.25, 0.3) is 5.91 Å². The molecule has 0 unspecified atom stereocenters. The van der Waals surface area contributed by atoms with Gasteiger partial charge in [-0.05, 0) is 18.2 Å². The highest BCUT2D eigenvalue weighted by atomic mass is 16.5. The van der Waals surface area contributed by atoms with Crippen molar-refractivity contribution in [2.75, 3.05) is 48.4 Å². The van der Waals surface area contributed by atoms with Gasteiger partial charge >= 0.3 is 0 Å². The summed E-state index contributed by atoms with van der Waals surface area (Å²) in [6, 6.07) is 4.82. The minimum atomic E-state index is -0.350. The lowest BCUT2D eigenvalue weighted by molar-refractivity contribution is 0.0950. The van der Waals surface area contributed by atoms with E-state index in [1.54, 1.807) is 18.2 Å². The van der Waals surface area contributed by atoms with Crippen molar-refractivity contribution in [2.45, 2.75) is 6.54 Å². The zero-order valence-electron chi connectivity index (χ0n) is 17.4. The minimum Gasteiger partial charge on any atom is -0.493 e. The number of hydrogen-bond donors (Lipinski definition) is 2. The molecule has 29 heavy (non-hydrogen) atoms. The SMILES string of the molecule is COc1cc(C(=O)NCc2cc(OC)c(OC)c(OC)c2N)cc(OC)c1OC. The molecule has 0 aliphatic carbocycles. The Bertz CT molecular complexity index is 859. The van der Waals surface area contributed by atoms with Crippen molar-refractivity contribution in [1.82, 2.24) is 5.32 Å². The number of methoxy groups -OCH3 is 6. The molecule has 0 atom stereocenters. The van der Waals surface area contributed by atoms with E-state index in [9.17, 15) is 4.79 Å². The van der Waals surface area contributed by atoms with Gasteiger partial charge in [-0.3, -0.25) is 4.79 Å². The molecule has 0 fully saturated rings. The predicted molar refractivity (Wildman–Crippen MR) is 108 cm³/mol. The van der Waals surface area contributed by atoms with Crippen molar-refractivity contribution in [2.24, 2.45) is 0 Å². The Morgan fingerprint density at radius 2 is 1.24 bits per heavy atom. The number of ether oxygens (including phenoxy) is 6. The second-order valence-corrected chi connectivity index (χ2v) is 5.81. The van der Waals surface area contributed by atoms with Crippen LogP contribution in [0, 0.1) is 0 Å². The maximum atomic E-state index is 12.7. The van der Waals surface area contributed by atoms with Crippen molar-refractivity contribution in [3.05, 3.63) is 29.3 Å². The van der Waals surface area contributed by atoms with Gasteiger partial charge in [0.2, 0.25) is 11.5 Å². The highest BCUT2D eigenvalue weighted by molar-refractivity contribution is 5.95. The van der Waals surface area contributed by atoms with Crippen molar-refractivity contribution < 1.29 is 33.2 Å². The Kier molecular flexibility index (Phi) is 7.24. The van der Waals surface area contributed by atoms with E-state index in [1.807, 2.05) is 0 Å². The third-order valence-corrected chi connectivity index (χ3v) is 4.32. The zero-order valence-corrected chi connectivity index (χ0v) is 17.4. The average Bonchev–Trinajstić information content (AvgIpc) is 2.76. The number of carbonyl (C=O) groups excluding carboxylic acids is 1. The molecule has 0 aliphatic rings. The standard InChI is InChI=1S/C20H26N2O7/c1-24-13-7-11(8-14(25-2)17(13)27-4)20(23)22-10-12-9-15(26-3)18(28-5)19(29-6)16(12)21/h7-9H,10,21H2,1-6H3,(H,22,23). The first-order chi connectivity index (χ1) is 13.9. The van der Waals surface area contributed by atoms with Crippen LogP contribution >= 0.6 is 0 Å². The highest BCUT2D eigenvalue weighted by Crippen LogP contribution is 2.43. The van der Waals surface area contributed by atoms with E-state index in [1.165, 1.54) is 42.7 Å². The van der Waals surface area contributed by atoms with E-state index in [2.05, 4.69) is 5.32 Å². The first kappa shape index (κ1) is 21.8. The number of hydrogen-bond acceptors (Lipinski definition) is 8. The molecular formula is C20H26N2O7. The van der Waals surface area contributed by atoms with Gasteiger partial charge in [-0.1, -0.05) is 0 Å². The van der Waals surface area contributed by atoms with Gasteiger partial charge in [-0.2, -0.15) is 0 Å². The predicted octanol–water partition coefficient (Wildman–Crippen LogP) is 2.25. The number of nitrogens with two attached hydrogens (primary N) is 1. The van der Waals surface area contributed by atoms with Crippen LogP contribution in [-0.2, 0) is 6.54 Å². The number of nitrogen functional groups attached to an aromatic ring is 1. The normalized spacial score (nSPS) is 10.1. The molecule has 9 nitrogen and oxygen atoms in total. The average molecular weight is 406 g/mol. The number of amides is 1. The van der Waals surface area contributed by atoms with E-state index in [4.69, 9.17) is 34.2 Å². The van der Waals surface area contributed by atoms with Crippen LogP contribution in [0.3, 0.4) is 0 Å². The summed E-state index contributed by atoms with van der Waals surface area (Å²) in [4.78, 5) is 12.7. The summed E-state index contributed by atoms with van der Waals surface area (Å²) in [6.07, 6.45) is 0. The van der Waals surface area contributed by atoms with E-state index in [-0.39, 0.29) is 12.5 Å². The van der Waals surface area contributed by atoms with Crippen LogP contribution in [0.1, 0.15) is 15.9 Å². The van der Waals surface area contributed by atoms with E-state index in [0.717, 1.165) is 0 Å². The Morgan fingerprint density at radius 3 is 1.69 bits per heavy atom. The van der Waals surface area contributed by atoms with Crippen LogP contribution in [0.5, 0.6) is 34.5 Å². The monoisotopic (exact) mass is 406 g/mol. The molecule has 2 aromatic carbocycles. The van der Waals surface area contributed by atoms with Gasteiger partial charge in [0.15, 0.2) is 23.0 Å². The molecule has 0 saturated carbocycles. The van der Waals surface area contributed by atoms with Crippen LogP contribution in [0.15, 0.2) is 18.2 Å². The van der Waals surface area contributed by atoms with Crippen LogP contribution in [0.4, 0.5) is 5.69 Å². The van der Waals surface area contributed by atoms with Crippen molar-refractivity contribution in [3.63, 3.8) is 0 Å². The Hall–Kier alpha value is -3.49. The molecule has 0 spiro atoms. The highest BCUT2D eigenvalue weighted by Gasteiger charge is 2.20. The molecule has 0 aliphatic heterocycles. The van der Waals surface area contributed by atoms with Gasteiger partial charge in [0.05, 0.1) is 48.3 Å². The van der Waals surface area contributed by atoms with Crippen LogP contribution in [-0.4, -0.2) is 48.6 Å². The maximum Gasteiger partial charge on any atom is 0.251 e. The summed E-state index contributed by atoms with van der Waals surface area (Å²) in [5.41, 5.74) is 7.47. The quantitative estimate of drug-likeness (QED) is 0.610. The van der Waals surface area contributed by atoms with Crippen LogP contribution < -0.4 is 39.5 Å². The molecule has 0 radical (unpaired) electrons. The summed E-state index contributed by atoms with van der Waals surface area (Å²) in [6.45, 7) is 0.137. The molecule has 0 heterocycles. The fourth-order valence-electron chi connectivity index (χ4n) is 2.87. The Labute approximate surface area is 169 Å². The first-order valence-corrected chi connectivity index (χ1v) is 8.61. The summed E-state index contributed by atoms with van der Waals surface area (Å²) >= 11 is 0. The number of nitrogens with one attached hydrogen (secondary N) is 1. The molecule has 0 saturated heterocycles. The maximum absolute atomic E-state index is 12.7. The second kappa shape index (κ2) is 9.63.